The molecule has 0 spiro atoms. The number of hydrogen-bond donors (Lipinski definition) is 1. The second-order valence-corrected chi connectivity index (χ2v) is 3.39. The maximum Gasteiger partial charge on any atom is 0.219 e. The van der Waals surface area contributed by atoms with E-state index in [0.717, 1.165) is 25.9 Å². The Morgan fingerprint density at radius 3 is 3.08 bits per heavy atom. The third kappa shape index (κ3) is 3.32. The van der Waals surface area contributed by atoms with Crippen molar-refractivity contribution in [1.82, 2.24) is 4.90 Å². The Labute approximate surface area is 79.0 Å². The van der Waals surface area contributed by atoms with Gasteiger partial charge < -0.3 is 15.4 Å². The molecule has 0 unspecified atom stereocenters. The number of hydrogen-bond acceptors (Lipinski definition) is 3. The Morgan fingerprint density at radius 2 is 2.46 bits per heavy atom. The molecule has 13 heavy (non-hydrogen) atoms. The summed E-state index contributed by atoms with van der Waals surface area (Å²) in [5, 5.41) is 0. The lowest BCUT2D eigenvalue weighted by Gasteiger charge is -2.32. The van der Waals surface area contributed by atoms with Gasteiger partial charge in [0.2, 0.25) is 5.91 Å². The zero-order valence-corrected chi connectivity index (χ0v) is 8.16. The minimum Gasteiger partial charge on any atom is -0.375 e. The maximum atomic E-state index is 11.1. The van der Waals surface area contributed by atoms with Crippen molar-refractivity contribution >= 4 is 5.91 Å². The highest BCUT2D eigenvalue weighted by Gasteiger charge is 2.21. The van der Waals surface area contributed by atoms with Crippen LogP contribution in [0.2, 0.25) is 0 Å². The number of morpholine rings is 1. The van der Waals surface area contributed by atoms with E-state index >= 15 is 0 Å². The van der Waals surface area contributed by atoms with Crippen LogP contribution in [0.5, 0.6) is 0 Å². The third-order valence-electron chi connectivity index (χ3n) is 2.31. The summed E-state index contributed by atoms with van der Waals surface area (Å²) in [5.74, 6) is 0.140. The van der Waals surface area contributed by atoms with Crippen LogP contribution in [0.1, 0.15) is 19.8 Å². The summed E-state index contributed by atoms with van der Waals surface area (Å²) in [7, 11) is 0. The molecule has 0 radical (unpaired) electrons. The molecule has 0 saturated carbocycles. The highest BCUT2D eigenvalue weighted by atomic mass is 16.5. The predicted octanol–water partition coefficient (Wildman–Crippen LogP) is -0.0274. The summed E-state index contributed by atoms with van der Waals surface area (Å²) < 4.78 is 5.51. The van der Waals surface area contributed by atoms with Gasteiger partial charge >= 0.3 is 0 Å². The van der Waals surface area contributed by atoms with E-state index in [-0.39, 0.29) is 12.0 Å². The molecule has 0 bridgehead atoms. The second-order valence-electron chi connectivity index (χ2n) is 3.39. The van der Waals surface area contributed by atoms with E-state index in [2.05, 4.69) is 0 Å². The topological polar surface area (TPSA) is 55.6 Å². The van der Waals surface area contributed by atoms with Gasteiger partial charge in [-0.1, -0.05) is 0 Å². The largest absolute Gasteiger partial charge is 0.375 e. The fourth-order valence-electron chi connectivity index (χ4n) is 1.53. The van der Waals surface area contributed by atoms with E-state index in [0.29, 0.717) is 13.2 Å². The second kappa shape index (κ2) is 5.19. The minimum absolute atomic E-state index is 0.140. The molecular formula is C9H18N2O2. The predicted molar refractivity (Wildman–Crippen MR) is 50.3 cm³/mol. The number of carbonyl (C=O) groups excluding carboxylic acids is 1. The molecule has 1 fully saturated rings. The normalized spacial score (nSPS) is 23.2. The van der Waals surface area contributed by atoms with E-state index in [4.69, 9.17) is 10.5 Å². The van der Waals surface area contributed by atoms with E-state index in [1.807, 2.05) is 4.90 Å². The summed E-state index contributed by atoms with van der Waals surface area (Å²) in [6, 6.07) is 0. The van der Waals surface area contributed by atoms with Crippen molar-refractivity contribution in [2.24, 2.45) is 5.73 Å². The average Bonchev–Trinajstić information content (AvgIpc) is 2.15. The molecule has 0 aromatic rings. The lowest BCUT2D eigenvalue weighted by Crippen LogP contribution is -2.44. The molecule has 1 amide bonds. The number of rotatable bonds is 3. The summed E-state index contributed by atoms with van der Waals surface area (Å²) >= 11 is 0. The van der Waals surface area contributed by atoms with Gasteiger partial charge in [0.15, 0.2) is 0 Å². The van der Waals surface area contributed by atoms with E-state index in [1.54, 1.807) is 6.92 Å². The van der Waals surface area contributed by atoms with Crippen LogP contribution in [-0.4, -0.2) is 43.2 Å². The van der Waals surface area contributed by atoms with Crippen molar-refractivity contribution < 1.29 is 9.53 Å². The van der Waals surface area contributed by atoms with E-state index in [9.17, 15) is 4.79 Å². The molecule has 76 valence electrons. The van der Waals surface area contributed by atoms with E-state index < -0.39 is 0 Å². The lowest BCUT2D eigenvalue weighted by atomic mass is 10.1. The highest BCUT2D eigenvalue weighted by Crippen LogP contribution is 2.09. The Bertz CT molecular complexity index is 173. The molecule has 2 N–H and O–H groups in total. The zero-order valence-electron chi connectivity index (χ0n) is 8.16. The van der Waals surface area contributed by atoms with Gasteiger partial charge in [-0.3, -0.25) is 4.79 Å². The van der Waals surface area contributed by atoms with Crippen molar-refractivity contribution in [3.63, 3.8) is 0 Å². The molecular weight excluding hydrogens is 168 g/mol. The average molecular weight is 186 g/mol. The Morgan fingerprint density at radius 1 is 1.69 bits per heavy atom. The van der Waals surface area contributed by atoms with Crippen molar-refractivity contribution in [3.05, 3.63) is 0 Å². The summed E-state index contributed by atoms with van der Waals surface area (Å²) in [6.07, 6.45) is 2.12. The molecule has 1 atom stereocenters. The first-order valence-electron chi connectivity index (χ1n) is 4.81. The number of nitrogens with zero attached hydrogens (tertiary/aromatic N) is 1. The van der Waals surface area contributed by atoms with Crippen LogP contribution >= 0.6 is 0 Å². The Kier molecular flexibility index (Phi) is 4.18. The van der Waals surface area contributed by atoms with Crippen LogP contribution in [0.4, 0.5) is 0 Å². The molecule has 1 aliphatic rings. The summed E-state index contributed by atoms with van der Waals surface area (Å²) in [6.45, 7) is 4.42. The number of carbonyl (C=O) groups is 1. The molecule has 0 aromatic heterocycles. The van der Waals surface area contributed by atoms with Crippen LogP contribution in [0.25, 0.3) is 0 Å². The monoisotopic (exact) mass is 186 g/mol. The minimum atomic E-state index is 0.140. The number of amides is 1. The van der Waals surface area contributed by atoms with Crippen LogP contribution in [0.15, 0.2) is 0 Å². The standard InChI is InChI=1S/C9H18N2O2/c1-8(12)11-5-6-13-9(7-11)3-2-4-10/h9H,2-7,10H2,1H3/t9-/m0/s1. The summed E-state index contributed by atoms with van der Waals surface area (Å²) in [4.78, 5) is 12.9. The Balaban J connectivity index is 2.29. The first-order chi connectivity index (χ1) is 6.24. The van der Waals surface area contributed by atoms with Crippen molar-refractivity contribution in [3.8, 4) is 0 Å². The number of ether oxygens (including phenoxy) is 1. The van der Waals surface area contributed by atoms with Gasteiger partial charge in [0.1, 0.15) is 0 Å². The molecule has 4 heteroatoms. The molecule has 1 saturated heterocycles. The first kappa shape index (κ1) is 10.5. The van der Waals surface area contributed by atoms with Gasteiger partial charge in [-0.2, -0.15) is 0 Å². The van der Waals surface area contributed by atoms with Gasteiger partial charge in [-0.05, 0) is 19.4 Å². The molecule has 0 aliphatic carbocycles. The van der Waals surface area contributed by atoms with Crippen LogP contribution < -0.4 is 5.73 Å². The fourth-order valence-corrected chi connectivity index (χ4v) is 1.53. The number of nitrogens with two attached hydrogens (primary N) is 1. The van der Waals surface area contributed by atoms with E-state index in [1.165, 1.54) is 0 Å². The van der Waals surface area contributed by atoms with Crippen LogP contribution in [0, 0.1) is 0 Å². The highest BCUT2D eigenvalue weighted by molar-refractivity contribution is 5.73. The van der Waals surface area contributed by atoms with Crippen molar-refractivity contribution in [2.75, 3.05) is 26.2 Å². The van der Waals surface area contributed by atoms with Gasteiger partial charge in [-0.25, -0.2) is 0 Å². The van der Waals surface area contributed by atoms with Crippen molar-refractivity contribution in [2.45, 2.75) is 25.9 Å². The van der Waals surface area contributed by atoms with Gasteiger partial charge in [-0.15, -0.1) is 0 Å². The molecule has 4 nitrogen and oxygen atoms in total. The van der Waals surface area contributed by atoms with Crippen LogP contribution in [-0.2, 0) is 9.53 Å². The molecule has 1 heterocycles. The fraction of sp³-hybridized carbons (Fsp3) is 0.889. The third-order valence-corrected chi connectivity index (χ3v) is 2.31. The summed E-state index contributed by atoms with van der Waals surface area (Å²) in [5.41, 5.74) is 5.40. The quantitative estimate of drug-likeness (QED) is 0.673. The van der Waals surface area contributed by atoms with Crippen LogP contribution in [0.3, 0.4) is 0 Å². The van der Waals surface area contributed by atoms with Gasteiger partial charge in [0.05, 0.1) is 12.7 Å². The van der Waals surface area contributed by atoms with Gasteiger partial charge in [0, 0.05) is 20.0 Å². The Hall–Kier alpha value is -0.610. The van der Waals surface area contributed by atoms with Crippen molar-refractivity contribution in [1.29, 1.82) is 0 Å². The molecule has 1 rings (SSSR count). The maximum absolute atomic E-state index is 11.1. The molecule has 0 aromatic carbocycles. The van der Waals surface area contributed by atoms with Gasteiger partial charge in [0.25, 0.3) is 0 Å². The molecule has 1 aliphatic heterocycles. The zero-order chi connectivity index (χ0) is 9.68. The SMILES string of the molecule is CC(=O)N1CCO[C@@H](CCCN)C1. The smallest absolute Gasteiger partial charge is 0.219 e. The lowest BCUT2D eigenvalue weighted by molar-refractivity contribution is -0.136. The first-order valence-corrected chi connectivity index (χ1v) is 4.81.